The Kier molecular flexibility index (Phi) is 6.11. The minimum atomic E-state index is -0.537. The SMILES string of the molecule is CCO[C@H]1C(=O)N2C(C(=O)OCc3ccc(OC)cc3)=C(CCl)CS[C@H]12. The normalized spacial score (nSPS) is 22.0. The fourth-order valence-electron chi connectivity index (χ4n) is 2.88. The molecular weight excluding hydrogens is 378 g/mol. The Hall–Kier alpha value is -1.70. The van der Waals surface area contributed by atoms with Crippen molar-refractivity contribution in [2.24, 2.45) is 0 Å². The highest BCUT2D eigenvalue weighted by Crippen LogP contribution is 2.42. The molecule has 1 aromatic carbocycles. The molecule has 140 valence electrons. The first kappa shape index (κ1) is 19.1. The number of β-lactam (4-membered cyclic amide) rings is 1. The lowest BCUT2D eigenvalue weighted by molar-refractivity contribution is -0.165. The van der Waals surface area contributed by atoms with E-state index < -0.39 is 12.1 Å². The van der Waals surface area contributed by atoms with Gasteiger partial charge in [-0.15, -0.1) is 23.4 Å². The van der Waals surface area contributed by atoms with Gasteiger partial charge < -0.3 is 14.2 Å². The molecule has 0 N–H and O–H groups in total. The smallest absolute Gasteiger partial charge is 0.355 e. The maximum atomic E-state index is 12.7. The maximum Gasteiger partial charge on any atom is 0.355 e. The van der Waals surface area contributed by atoms with Crippen LogP contribution < -0.4 is 4.74 Å². The van der Waals surface area contributed by atoms with E-state index in [0.29, 0.717) is 17.9 Å². The van der Waals surface area contributed by atoms with Gasteiger partial charge in [0.05, 0.1) is 7.11 Å². The molecule has 3 rings (SSSR count). The summed E-state index contributed by atoms with van der Waals surface area (Å²) in [5.74, 6) is 0.727. The van der Waals surface area contributed by atoms with E-state index in [1.807, 2.05) is 19.1 Å². The first-order valence-corrected chi connectivity index (χ1v) is 9.83. The van der Waals surface area contributed by atoms with Gasteiger partial charge in [0.15, 0.2) is 6.10 Å². The lowest BCUT2D eigenvalue weighted by Gasteiger charge is -2.49. The van der Waals surface area contributed by atoms with Crippen molar-refractivity contribution in [2.75, 3.05) is 25.3 Å². The average molecular weight is 398 g/mol. The fraction of sp³-hybridized carbons (Fsp3) is 0.444. The number of amides is 1. The molecule has 1 saturated heterocycles. The van der Waals surface area contributed by atoms with Crippen molar-refractivity contribution in [3.8, 4) is 5.75 Å². The Morgan fingerprint density at radius 2 is 2.08 bits per heavy atom. The second-order valence-electron chi connectivity index (χ2n) is 5.80. The van der Waals surface area contributed by atoms with Crippen LogP contribution in [0.3, 0.4) is 0 Å². The number of fused-ring (bicyclic) bond motifs is 1. The van der Waals surface area contributed by atoms with Gasteiger partial charge in [-0.3, -0.25) is 9.69 Å². The predicted octanol–water partition coefficient (Wildman–Crippen LogP) is 2.55. The minimum absolute atomic E-state index is 0.108. The third-order valence-electron chi connectivity index (χ3n) is 4.23. The van der Waals surface area contributed by atoms with E-state index in [-0.39, 0.29) is 29.5 Å². The van der Waals surface area contributed by atoms with Crippen LogP contribution >= 0.6 is 23.4 Å². The molecule has 0 bridgehead atoms. The van der Waals surface area contributed by atoms with Gasteiger partial charge in [0.2, 0.25) is 0 Å². The molecular formula is C18H20ClNO5S. The number of alkyl halides is 1. The lowest BCUT2D eigenvalue weighted by Crippen LogP contribution is -2.66. The third-order valence-corrected chi connectivity index (χ3v) is 5.87. The monoisotopic (exact) mass is 397 g/mol. The van der Waals surface area contributed by atoms with E-state index >= 15 is 0 Å². The number of ether oxygens (including phenoxy) is 3. The van der Waals surface area contributed by atoms with Crippen LogP contribution in [0.25, 0.3) is 0 Å². The quantitative estimate of drug-likeness (QED) is 0.400. The second kappa shape index (κ2) is 8.33. The maximum absolute atomic E-state index is 12.7. The molecule has 0 spiro atoms. The van der Waals surface area contributed by atoms with E-state index in [1.165, 1.54) is 4.90 Å². The highest BCUT2D eigenvalue weighted by Gasteiger charge is 2.54. The molecule has 26 heavy (non-hydrogen) atoms. The summed E-state index contributed by atoms with van der Waals surface area (Å²) in [6.07, 6.45) is -0.508. The Morgan fingerprint density at radius 1 is 1.35 bits per heavy atom. The van der Waals surface area contributed by atoms with E-state index in [4.69, 9.17) is 25.8 Å². The molecule has 1 aromatic rings. The highest BCUT2D eigenvalue weighted by molar-refractivity contribution is 8.00. The molecule has 1 amide bonds. The van der Waals surface area contributed by atoms with E-state index in [1.54, 1.807) is 31.0 Å². The van der Waals surface area contributed by atoms with Gasteiger partial charge in [-0.1, -0.05) is 12.1 Å². The van der Waals surface area contributed by atoms with Crippen molar-refractivity contribution in [3.63, 3.8) is 0 Å². The second-order valence-corrected chi connectivity index (χ2v) is 7.17. The molecule has 0 radical (unpaired) electrons. The number of hydrogen-bond acceptors (Lipinski definition) is 6. The van der Waals surface area contributed by atoms with Crippen molar-refractivity contribution in [2.45, 2.75) is 25.0 Å². The minimum Gasteiger partial charge on any atom is -0.497 e. The number of rotatable bonds is 7. The largest absolute Gasteiger partial charge is 0.497 e. The molecule has 8 heteroatoms. The van der Waals surface area contributed by atoms with Crippen LogP contribution in [0.15, 0.2) is 35.5 Å². The number of hydrogen-bond donors (Lipinski definition) is 0. The first-order chi connectivity index (χ1) is 12.6. The molecule has 2 aliphatic heterocycles. The van der Waals surface area contributed by atoms with Crippen LogP contribution in [0.1, 0.15) is 12.5 Å². The number of thioether (sulfide) groups is 1. The van der Waals surface area contributed by atoms with Gasteiger partial charge in [-0.25, -0.2) is 4.79 Å². The zero-order valence-electron chi connectivity index (χ0n) is 14.6. The van der Waals surface area contributed by atoms with Crippen molar-refractivity contribution < 1.29 is 23.8 Å². The van der Waals surface area contributed by atoms with E-state index in [9.17, 15) is 9.59 Å². The number of esters is 1. The van der Waals surface area contributed by atoms with Gasteiger partial charge in [0.1, 0.15) is 23.4 Å². The molecule has 1 fully saturated rings. The van der Waals surface area contributed by atoms with Crippen LogP contribution in [-0.2, 0) is 25.7 Å². The Bertz CT molecular complexity index is 721. The fourth-order valence-corrected chi connectivity index (χ4v) is 4.55. The summed E-state index contributed by atoms with van der Waals surface area (Å²) in [6.45, 7) is 2.40. The Balaban J connectivity index is 1.71. The van der Waals surface area contributed by atoms with Crippen molar-refractivity contribution in [1.29, 1.82) is 0 Å². The molecule has 0 aromatic heterocycles. The van der Waals surface area contributed by atoms with Gasteiger partial charge in [0, 0.05) is 18.2 Å². The van der Waals surface area contributed by atoms with E-state index in [0.717, 1.165) is 11.3 Å². The predicted molar refractivity (Wildman–Crippen MR) is 99.0 cm³/mol. The van der Waals surface area contributed by atoms with Crippen molar-refractivity contribution in [3.05, 3.63) is 41.1 Å². The van der Waals surface area contributed by atoms with Crippen LogP contribution in [0, 0.1) is 0 Å². The van der Waals surface area contributed by atoms with Gasteiger partial charge in [-0.05, 0) is 30.2 Å². The molecule has 6 nitrogen and oxygen atoms in total. The number of carbonyl (C=O) groups is 2. The zero-order valence-corrected chi connectivity index (χ0v) is 16.1. The van der Waals surface area contributed by atoms with Gasteiger partial charge in [-0.2, -0.15) is 0 Å². The summed E-state index contributed by atoms with van der Waals surface area (Å²) in [6, 6.07) is 7.24. The van der Waals surface area contributed by atoms with Crippen molar-refractivity contribution >= 4 is 35.2 Å². The summed E-state index contributed by atoms with van der Waals surface area (Å²) in [7, 11) is 1.59. The standard InChI is InChI=1S/C18H20ClNO5S/c1-3-24-15-16(21)20-14(12(8-19)10-26-17(15)20)18(22)25-9-11-4-6-13(23-2)7-5-11/h4-7,15,17H,3,8-10H2,1-2H3/t15-,17+/m0/s1. The zero-order chi connectivity index (χ0) is 18.7. The number of halogens is 1. The molecule has 0 unspecified atom stereocenters. The number of benzene rings is 1. The molecule has 0 saturated carbocycles. The molecule has 2 atom stereocenters. The van der Waals surface area contributed by atoms with Gasteiger partial charge >= 0.3 is 5.97 Å². The lowest BCUT2D eigenvalue weighted by atomic mass is 10.1. The highest BCUT2D eigenvalue weighted by atomic mass is 35.5. The first-order valence-electron chi connectivity index (χ1n) is 8.25. The van der Waals surface area contributed by atoms with Crippen LogP contribution in [0.2, 0.25) is 0 Å². The summed E-state index contributed by atoms with van der Waals surface area (Å²) < 4.78 is 16.0. The van der Waals surface area contributed by atoms with E-state index in [2.05, 4.69) is 0 Å². The summed E-state index contributed by atoms with van der Waals surface area (Å²) in [5, 5.41) is -0.196. The van der Waals surface area contributed by atoms with Crippen LogP contribution in [0.5, 0.6) is 5.75 Å². The average Bonchev–Trinajstić information content (AvgIpc) is 2.69. The Morgan fingerprint density at radius 3 is 2.69 bits per heavy atom. The summed E-state index contributed by atoms with van der Waals surface area (Å²) in [4.78, 5) is 26.5. The molecule has 0 aliphatic carbocycles. The number of carbonyl (C=O) groups excluding carboxylic acids is 2. The third kappa shape index (κ3) is 3.56. The van der Waals surface area contributed by atoms with Crippen LogP contribution in [0.4, 0.5) is 0 Å². The number of nitrogens with zero attached hydrogens (tertiary/aromatic N) is 1. The molecule has 2 aliphatic rings. The summed E-state index contributed by atoms with van der Waals surface area (Å²) in [5.41, 5.74) is 1.80. The van der Waals surface area contributed by atoms with Gasteiger partial charge in [0.25, 0.3) is 5.91 Å². The summed E-state index contributed by atoms with van der Waals surface area (Å²) >= 11 is 7.54. The topological polar surface area (TPSA) is 65.1 Å². The Labute approximate surface area is 161 Å². The van der Waals surface area contributed by atoms with Crippen LogP contribution in [-0.4, -0.2) is 53.6 Å². The number of methoxy groups -OCH3 is 1. The van der Waals surface area contributed by atoms with Crippen molar-refractivity contribution in [1.82, 2.24) is 4.90 Å². The molecule has 2 heterocycles.